The Kier molecular flexibility index (Phi) is 5.68. The van der Waals surface area contributed by atoms with Crippen molar-refractivity contribution in [3.05, 3.63) is 27.4 Å². The number of hydrogen-bond acceptors (Lipinski definition) is 5. The van der Waals surface area contributed by atoms with Crippen molar-refractivity contribution in [3.63, 3.8) is 0 Å². The number of aromatic nitrogens is 2. The lowest BCUT2D eigenvalue weighted by Gasteiger charge is -2.33. The zero-order chi connectivity index (χ0) is 19.8. The van der Waals surface area contributed by atoms with Gasteiger partial charge in [-0.15, -0.1) is 0 Å². The summed E-state index contributed by atoms with van der Waals surface area (Å²) in [5, 5.41) is 0. The largest absolute Gasteiger partial charge is 0.342 e. The van der Waals surface area contributed by atoms with Crippen LogP contribution in [0.2, 0.25) is 0 Å². The molecular weight excluding hydrogens is 370 g/mol. The maximum absolute atomic E-state index is 12.6. The fourth-order valence-corrected chi connectivity index (χ4v) is 4.77. The maximum Gasteiger partial charge on any atom is 0.281 e. The third-order valence-corrected chi connectivity index (χ3v) is 7.19. The van der Waals surface area contributed by atoms with Crippen molar-refractivity contribution in [1.29, 1.82) is 0 Å². The molecule has 0 aromatic carbocycles. The lowest BCUT2D eigenvalue weighted by atomic mass is 9.96. The summed E-state index contributed by atoms with van der Waals surface area (Å²) in [4.78, 5) is 34.0. The highest BCUT2D eigenvalue weighted by atomic mass is 32.2. The molecule has 1 fully saturated rings. The minimum absolute atomic E-state index is 0.00999. The van der Waals surface area contributed by atoms with E-state index < -0.39 is 10.2 Å². The van der Waals surface area contributed by atoms with Gasteiger partial charge in [-0.25, -0.2) is 4.98 Å². The highest BCUT2D eigenvalue weighted by Crippen LogP contribution is 2.26. The average Bonchev–Trinajstić information content (AvgIpc) is 2.66. The SMILES string of the molecule is CCC(=O)N1CCC[C@H](c2nc3c(c(=O)[nH]2)CN(S(=O)(=O)N(C)C)CC3)C1. The van der Waals surface area contributed by atoms with Gasteiger partial charge in [0.1, 0.15) is 5.82 Å². The number of hydrogen-bond donors (Lipinski definition) is 1. The summed E-state index contributed by atoms with van der Waals surface area (Å²) in [5.74, 6) is 0.733. The summed E-state index contributed by atoms with van der Waals surface area (Å²) in [6.45, 7) is 3.49. The Morgan fingerprint density at radius 1 is 1.33 bits per heavy atom. The molecule has 1 saturated heterocycles. The Hall–Kier alpha value is -1.78. The molecule has 3 rings (SSSR count). The van der Waals surface area contributed by atoms with E-state index in [1.807, 2.05) is 11.8 Å². The molecular formula is C17H27N5O4S. The van der Waals surface area contributed by atoms with Crippen LogP contribution in [0.5, 0.6) is 0 Å². The van der Waals surface area contributed by atoms with Crippen LogP contribution in [0, 0.1) is 0 Å². The van der Waals surface area contributed by atoms with E-state index in [1.165, 1.54) is 18.4 Å². The zero-order valence-corrected chi connectivity index (χ0v) is 16.9. The van der Waals surface area contributed by atoms with Gasteiger partial charge >= 0.3 is 0 Å². The molecule has 9 nitrogen and oxygen atoms in total. The van der Waals surface area contributed by atoms with Crippen molar-refractivity contribution >= 4 is 16.1 Å². The molecule has 2 aliphatic heterocycles. The van der Waals surface area contributed by atoms with Crippen LogP contribution in [0.25, 0.3) is 0 Å². The summed E-state index contributed by atoms with van der Waals surface area (Å²) in [7, 11) is -0.618. The van der Waals surface area contributed by atoms with Crippen LogP contribution in [-0.4, -0.2) is 71.5 Å². The van der Waals surface area contributed by atoms with Crippen molar-refractivity contribution < 1.29 is 13.2 Å². The maximum atomic E-state index is 12.6. The van der Waals surface area contributed by atoms with E-state index in [0.29, 0.717) is 43.0 Å². The van der Waals surface area contributed by atoms with Gasteiger partial charge in [0, 0.05) is 59.0 Å². The third-order valence-electron chi connectivity index (χ3n) is 5.30. The number of likely N-dealkylation sites (tertiary alicyclic amines) is 1. The Bertz CT molecular complexity index is 880. The molecule has 0 bridgehead atoms. The van der Waals surface area contributed by atoms with Gasteiger partial charge in [-0.05, 0) is 12.8 Å². The first-order chi connectivity index (χ1) is 12.7. The molecule has 2 aliphatic rings. The molecule has 0 saturated carbocycles. The molecule has 0 aliphatic carbocycles. The second kappa shape index (κ2) is 7.69. The van der Waals surface area contributed by atoms with Crippen LogP contribution in [0.3, 0.4) is 0 Å². The van der Waals surface area contributed by atoms with Gasteiger partial charge in [0.05, 0.1) is 11.3 Å². The molecule has 1 aromatic rings. The number of amides is 1. The molecule has 0 radical (unpaired) electrons. The Morgan fingerprint density at radius 3 is 2.74 bits per heavy atom. The minimum Gasteiger partial charge on any atom is -0.342 e. The van der Waals surface area contributed by atoms with E-state index in [2.05, 4.69) is 9.97 Å². The van der Waals surface area contributed by atoms with E-state index in [4.69, 9.17) is 0 Å². The number of carbonyl (C=O) groups excluding carboxylic acids is 1. The summed E-state index contributed by atoms with van der Waals surface area (Å²) < 4.78 is 27.1. The number of piperidine rings is 1. The van der Waals surface area contributed by atoms with E-state index in [1.54, 1.807) is 0 Å². The topological polar surface area (TPSA) is 107 Å². The first-order valence-corrected chi connectivity index (χ1v) is 10.7. The van der Waals surface area contributed by atoms with Crippen LogP contribution in [-0.2, 0) is 28.0 Å². The summed E-state index contributed by atoms with van der Waals surface area (Å²) >= 11 is 0. The summed E-state index contributed by atoms with van der Waals surface area (Å²) in [6.07, 6.45) is 2.63. The van der Waals surface area contributed by atoms with Gasteiger partial charge in [0.2, 0.25) is 5.91 Å². The van der Waals surface area contributed by atoms with Crippen LogP contribution >= 0.6 is 0 Å². The molecule has 0 unspecified atom stereocenters. The fraction of sp³-hybridized carbons (Fsp3) is 0.706. The number of nitrogens with one attached hydrogen (secondary N) is 1. The number of carbonyl (C=O) groups is 1. The smallest absolute Gasteiger partial charge is 0.281 e. The lowest BCUT2D eigenvalue weighted by molar-refractivity contribution is -0.132. The molecule has 0 spiro atoms. The van der Waals surface area contributed by atoms with E-state index in [0.717, 1.165) is 23.7 Å². The number of H-pyrrole nitrogens is 1. The third kappa shape index (κ3) is 3.92. The second-order valence-electron chi connectivity index (χ2n) is 7.28. The molecule has 1 amide bonds. The van der Waals surface area contributed by atoms with Gasteiger partial charge in [-0.3, -0.25) is 9.59 Å². The first kappa shape index (κ1) is 20.0. The predicted octanol–water partition coefficient (Wildman–Crippen LogP) is 0.0504. The van der Waals surface area contributed by atoms with Crippen LogP contribution in [0.1, 0.15) is 49.2 Å². The first-order valence-electron chi connectivity index (χ1n) is 9.31. The second-order valence-corrected chi connectivity index (χ2v) is 9.42. The molecule has 10 heteroatoms. The average molecular weight is 398 g/mol. The summed E-state index contributed by atoms with van der Waals surface area (Å²) in [6, 6.07) is 0. The quantitative estimate of drug-likeness (QED) is 0.773. The molecule has 3 heterocycles. The predicted molar refractivity (Wildman–Crippen MR) is 100 cm³/mol. The van der Waals surface area contributed by atoms with Crippen molar-refractivity contribution in [2.75, 3.05) is 33.7 Å². The Balaban J connectivity index is 1.84. The van der Waals surface area contributed by atoms with Gasteiger partial charge in [0.25, 0.3) is 15.8 Å². The van der Waals surface area contributed by atoms with Crippen LogP contribution in [0.15, 0.2) is 4.79 Å². The molecule has 1 atom stereocenters. The highest BCUT2D eigenvalue weighted by molar-refractivity contribution is 7.86. The molecule has 27 heavy (non-hydrogen) atoms. The molecule has 1 aromatic heterocycles. The Labute approximate surface area is 159 Å². The zero-order valence-electron chi connectivity index (χ0n) is 16.1. The number of nitrogens with zero attached hydrogens (tertiary/aromatic N) is 4. The van der Waals surface area contributed by atoms with E-state index >= 15 is 0 Å². The monoisotopic (exact) mass is 397 g/mol. The van der Waals surface area contributed by atoms with Gasteiger partial charge in [-0.1, -0.05) is 6.92 Å². The number of fused-ring (bicyclic) bond motifs is 1. The van der Waals surface area contributed by atoms with Crippen molar-refractivity contribution in [2.45, 2.75) is 45.1 Å². The number of aromatic amines is 1. The van der Waals surface area contributed by atoms with Crippen molar-refractivity contribution in [1.82, 2.24) is 23.5 Å². The molecule has 150 valence electrons. The minimum atomic E-state index is -3.57. The van der Waals surface area contributed by atoms with Crippen molar-refractivity contribution in [3.8, 4) is 0 Å². The van der Waals surface area contributed by atoms with E-state index in [9.17, 15) is 18.0 Å². The molecule has 1 N–H and O–H groups in total. The van der Waals surface area contributed by atoms with Crippen LogP contribution in [0.4, 0.5) is 0 Å². The van der Waals surface area contributed by atoms with Crippen molar-refractivity contribution in [2.24, 2.45) is 0 Å². The highest BCUT2D eigenvalue weighted by Gasteiger charge is 2.32. The Morgan fingerprint density at radius 2 is 2.07 bits per heavy atom. The van der Waals surface area contributed by atoms with Gasteiger partial charge < -0.3 is 9.88 Å². The van der Waals surface area contributed by atoms with E-state index in [-0.39, 0.29) is 23.9 Å². The normalized spacial score (nSPS) is 21.3. The van der Waals surface area contributed by atoms with Crippen LogP contribution < -0.4 is 5.56 Å². The van der Waals surface area contributed by atoms with Gasteiger partial charge in [-0.2, -0.15) is 17.0 Å². The summed E-state index contributed by atoms with van der Waals surface area (Å²) in [5.41, 5.74) is 0.790. The fourth-order valence-electron chi connectivity index (χ4n) is 3.69. The lowest BCUT2D eigenvalue weighted by Crippen LogP contribution is -2.45. The standard InChI is InChI=1S/C17H27N5O4S/c1-4-15(23)21-8-5-6-12(10-21)16-18-14-7-9-22(27(25,26)20(2)3)11-13(14)17(24)19-16/h12H,4-11H2,1-3H3,(H,18,19,24)/t12-/m0/s1. The van der Waals surface area contributed by atoms with Gasteiger partial charge in [0.15, 0.2) is 0 Å². The number of rotatable bonds is 4.